The molecule has 1 aromatic rings. The molecule has 1 rings (SSSR count). The van der Waals surface area contributed by atoms with Crippen LogP contribution in [0.3, 0.4) is 0 Å². The van der Waals surface area contributed by atoms with Gasteiger partial charge in [-0.05, 0) is 19.9 Å². The fraction of sp³-hybridized carbons (Fsp3) is 0.400. The average molecular weight is 226 g/mol. The van der Waals surface area contributed by atoms with Gasteiger partial charge in [0.1, 0.15) is 16.9 Å². The Balaban J connectivity index is 2.83. The van der Waals surface area contributed by atoms with Gasteiger partial charge in [0.25, 0.3) is 0 Å². The molecule has 0 aliphatic carbocycles. The predicted molar refractivity (Wildman–Crippen MR) is 58.7 cm³/mol. The van der Waals surface area contributed by atoms with E-state index in [4.69, 9.17) is 16.9 Å². The van der Waals surface area contributed by atoms with Gasteiger partial charge in [-0.3, -0.25) is 0 Å². The number of aliphatic hydroxyl groups is 1. The lowest BCUT2D eigenvalue weighted by Crippen LogP contribution is -2.29. The summed E-state index contributed by atoms with van der Waals surface area (Å²) in [6.07, 6.45) is 1.50. The molecule has 0 amide bonds. The Morgan fingerprint density at radius 1 is 1.67 bits per heavy atom. The molecule has 5 heteroatoms. The van der Waals surface area contributed by atoms with Gasteiger partial charge >= 0.3 is 0 Å². The Labute approximate surface area is 93.5 Å². The first-order valence-electron chi connectivity index (χ1n) is 4.45. The van der Waals surface area contributed by atoms with Crippen molar-refractivity contribution in [1.29, 1.82) is 5.26 Å². The third kappa shape index (κ3) is 3.39. The third-order valence-corrected chi connectivity index (χ3v) is 2.08. The molecule has 0 unspecified atom stereocenters. The Morgan fingerprint density at radius 3 is 2.87 bits per heavy atom. The number of aromatic nitrogens is 1. The standard InChI is InChI=1S/C10H12ClN3O/c1-10(2,15)6-14-9-8(11)7(5-12)3-4-13-9/h3-4,15H,6H2,1-2H3,(H,13,14). The summed E-state index contributed by atoms with van der Waals surface area (Å²) in [6, 6.07) is 3.50. The largest absolute Gasteiger partial charge is 0.389 e. The lowest BCUT2D eigenvalue weighted by atomic mass is 10.1. The zero-order chi connectivity index (χ0) is 11.5. The molecule has 0 bridgehead atoms. The van der Waals surface area contributed by atoms with Crippen molar-refractivity contribution in [3.05, 3.63) is 22.8 Å². The van der Waals surface area contributed by atoms with Crippen molar-refractivity contribution in [2.24, 2.45) is 0 Å². The summed E-state index contributed by atoms with van der Waals surface area (Å²) in [5, 5.41) is 21.4. The molecule has 0 aromatic carbocycles. The highest BCUT2D eigenvalue weighted by atomic mass is 35.5. The van der Waals surface area contributed by atoms with E-state index < -0.39 is 5.60 Å². The molecule has 0 atom stereocenters. The zero-order valence-corrected chi connectivity index (χ0v) is 9.34. The maximum absolute atomic E-state index is 9.50. The molecule has 4 nitrogen and oxygen atoms in total. The van der Waals surface area contributed by atoms with Crippen LogP contribution in [0.1, 0.15) is 19.4 Å². The molecule has 1 heterocycles. The number of nitriles is 1. The van der Waals surface area contributed by atoms with E-state index in [1.54, 1.807) is 13.8 Å². The molecular formula is C10H12ClN3O. The lowest BCUT2D eigenvalue weighted by Gasteiger charge is -2.18. The lowest BCUT2D eigenvalue weighted by molar-refractivity contribution is 0.0944. The summed E-state index contributed by atoms with van der Waals surface area (Å²) in [5.74, 6) is 0.415. The van der Waals surface area contributed by atoms with Crippen molar-refractivity contribution in [3.8, 4) is 6.07 Å². The highest BCUT2D eigenvalue weighted by Gasteiger charge is 2.14. The van der Waals surface area contributed by atoms with Gasteiger partial charge in [-0.25, -0.2) is 4.98 Å². The summed E-state index contributed by atoms with van der Waals surface area (Å²) in [4.78, 5) is 3.98. The van der Waals surface area contributed by atoms with Crippen LogP contribution in [0.25, 0.3) is 0 Å². The number of pyridine rings is 1. The van der Waals surface area contributed by atoms with E-state index in [1.807, 2.05) is 6.07 Å². The smallest absolute Gasteiger partial charge is 0.146 e. The van der Waals surface area contributed by atoms with E-state index in [-0.39, 0.29) is 5.02 Å². The van der Waals surface area contributed by atoms with Crippen LogP contribution in [0.15, 0.2) is 12.3 Å². The first kappa shape index (κ1) is 11.8. The minimum absolute atomic E-state index is 0.282. The maximum atomic E-state index is 9.50. The summed E-state index contributed by atoms with van der Waals surface area (Å²) in [5.41, 5.74) is -0.488. The van der Waals surface area contributed by atoms with Crippen LogP contribution in [0, 0.1) is 11.3 Å². The van der Waals surface area contributed by atoms with Crippen molar-refractivity contribution in [1.82, 2.24) is 4.98 Å². The number of rotatable bonds is 3. The van der Waals surface area contributed by atoms with Gasteiger partial charge < -0.3 is 10.4 Å². The molecule has 0 aliphatic rings. The second kappa shape index (κ2) is 4.47. The molecule has 0 saturated heterocycles. The van der Waals surface area contributed by atoms with Crippen LogP contribution in [-0.4, -0.2) is 22.2 Å². The van der Waals surface area contributed by atoms with E-state index in [0.717, 1.165) is 0 Å². The Hall–Kier alpha value is -1.31. The highest BCUT2D eigenvalue weighted by Crippen LogP contribution is 2.22. The van der Waals surface area contributed by atoms with Crippen LogP contribution >= 0.6 is 11.6 Å². The maximum Gasteiger partial charge on any atom is 0.146 e. The number of nitrogens with zero attached hydrogens (tertiary/aromatic N) is 2. The summed E-state index contributed by atoms with van der Waals surface area (Å²) in [7, 11) is 0. The van der Waals surface area contributed by atoms with Gasteiger partial charge in [-0.15, -0.1) is 0 Å². The Kier molecular flexibility index (Phi) is 3.51. The van der Waals surface area contributed by atoms with E-state index >= 15 is 0 Å². The molecule has 1 aromatic heterocycles. The second-order valence-electron chi connectivity index (χ2n) is 3.80. The molecule has 0 aliphatic heterocycles. The predicted octanol–water partition coefficient (Wildman–Crippen LogP) is 1.79. The number of nitrogens with one attached hydrogen (secondary N) is 1. The van der Waals surface area contributed by atoms with Crippen LogP contribution < -0.4 is 5.32 Å². The minimum Gasteiger partial charge on any atom is -0.389 e. The number of hydrogen-bond donors (Lipinski definition) is 2. The van der Waals surface area contributed by atoms with E-state index in [0.29, 0.717) is 17.9 Å². The van der Waals surface area contributed by atoms with Crippen molar-refractivity contribution < 1.29 is 5.11 Å². The van der Waals surface area contributed by atoms with Gasteiger partial charge in [0, 0.05) is 12.7 Å². The SMILES string of the molecule is CC(C)(O)CNc1nccc(C#N)c1Cl. The van der Waals surface area contributed by atoms with Gasteiger partial charge in [0.15, 0.2) is 0 Å². The van der Waals surface area contributed by atoms with Crippen LogP contribution in [-0.2, 0) is 0 Å². The first-order valence-corrected chi connectivity index (χ1v) is 4.83. The molecule has 0 fully saturated rings. The van der Waals surface area contributed by atoms with E-state index in [2.05, 4.69) is 10.3 Å². The highest BCUT2D eigenvalue weighted by molar-refractivity contribution is 6.34. The number of halogens is 1. The Bertz CT molecular complexity index is 393. The van der Waals surface area contributed by atoms with Crippen molar-refractivity contribution in [2.45, 2.75) is 19.4 Å². The zero-order valence-electron chi connectivity index (χ0n) is 8.58. The third-order valence-electron chi connectivity index (χ3n) is 1.70. The van der Waals surface area contributed by atoms with Crippen molar-refractivity contribution in [2.75, 3.05) is 11.9 Å². The molecule has 80 valence electrons. The second-order valence-corrected chi connectivity index (χ2v) is 4.18. The van der Waals surface area contributed by atoms with Crippen molar-refractivity contribution in [3.63, 3.8) is 0 Å². The number of anilines is 1. The number of hydrogen-bond acceptors (Lipinski definition) is 4. The van der Waals surface area contributed by atoms with Gasteiger partial charge in [-0.2, -0.15) is 5.26 Å². The quantitative estimate of drug-likeness (QED) is 0.823. The van der Waals surface area contributed by atoms with E-state index in [9.17, 15) is 5.11 Å². The van der Waals surface area contributed by atoms with Gasteiger partial charge in [-0.1, -0.05) is 11.6 Å². The monoisotopic (exact) mass is 225 g/mol. The fourth-order valence-electron chi connectivity index (χ4n) is 0.953. The molecule has 0 spiro atoms. The molecule has 0 radical (unpaired) electrons. The molecular weight excluding hydrogens is 214 g/mol. The topological polar surface area (TPSA) is 68.9 Å². The summed E-state index contributed by atoms with van der Waals surface area (Å²) >= 11 is 5.91. The molecule has 0 saturated carbocycles. The van der Waals surface area contributed by atoms with Crippen LogP contribution in [0.5, 0.6) is 0 Å². The average Bonchev–Trinajstić information content (AvgIpc) is 2.15. The molecule has 15 heavy (non-hydrogen) atoms. The van der Waals surface area contributed by atoms with Crippen molar-refractivity contribution >= 4 is 17.4 Å². The van der Waals surface area contributed by atoms with Crippen LogP contribution in [0.2, 0.25) is 5.02 Å². The Morgan fingerprint density at radius 2 is 2.33 bits per heavy atom. The van der Waals surface area contributed by atoms with E-state index in [1.165, 1.54) is 12.3 Å². The van der Waals surface area contributed by atoms with Crippen LogP contribution in [0.4, 0.5) is 5.82 Å². The van der Waals surface area contributed by atoms with Gasteiger partial charge in [0.2, 0.25) is 0 Å². The van der Waals surface area contributed by atoms with Gasteiger partial charge in [0.05, 0.1) is 11.2 Å². The normalized spacial score (nSPS) is 10.9. The fourth-order valence-corrected chi connectivity index (χ4v) is 1.17. The first-order chi connectivity index (χ1) is 6.94. The molecule has 2 N–H and O–H groups in total. The minimum atomic E-state index is -0.854. The summed E-state index contributed by atoms with van der Waals surface area (Å²) < 4.78 is 0. The summed E-state index contributed by atoms with van der Waals surface area (Å²) in [6.45, 7) is 3.65.